The van der Waals surface area contributed by atoms with E-state index in [4.69, 9.17) is 16.3 Å². The first-order valence-electron chi connectivity index (χ1n) is 6.38. The van der Waals surface area contributed by atoms with Crippen molar-refractivity contribution in [2.45, 2.75) is 6.54 Å². The van der Waals surface area contributed by atoms with Gasteiger partial charge in [-0.3, -0.25) is 0 Å². The van der Waals surface area contributed by atoms with E-state index in [2.05, 4.69) is 10.1 Å². The van der Waals surface area contributed by atoms with Gasteiger partial charge in [0.1, 0.15) is 5.75 Å². The maximum Gasteiger partial charge on any atom is 0.337 e. The summed E-state index contributed by atoms with van der Waals surface area (Å²) in [7, 11) is 2.98. The fraction of sp³-hybridized carbons (Fsp3) is 0.188. The van der Waals surface area contributed by atoms with Gasteiger partial charge in [0.05, 0.1) is 19.8 Å². The maximum absolute atomic E-state index is 11.4. The molecule has 2 aromatic rings. The molecule has 1 N–H and O–H groups in total. The first-order chi connectivity index (χ1) is 10.1. The predicted molar refractivity (Wildman–Crippen MR) is 83.1 cm³/mol. The lowest BCUT2D eigenvalue weighted by Gasteiger charge is -2.11. The van der Waals surface area contributed by atoms with Gasteiger partial charge in [-0.05, 0) is 42.5 Å². The Morgan fingerprint density at radius 2 is 1.86 bits per heavy atom. The molecule has 0 fully saturated rings. The van der Waals surface area contributed by atoms with Gasteiger partial charge in [0.15, 0.2) is 0 Å². The van der Waals surface area contributed by atoms with E-state index in [0.29, 0.717) is 17.1 Å². The van der Waals surface area contributed by atoms with Crippen molar-refractivity contribution in [3.05, 3.63) is 58.6 Å². The standard InChI is InChI=1S/C16H16ClNO3/c1-20-15-8-5-13(17)9-12(15)10-18-14-6-3-11(4-7-14)16(19)21-2/h3-9,18H,10H2,1-2H3. The number of esters is 1. The molecule has 4 nitrogen and oxygen atoms in total. The fourth-order valence-electron chi connectivity index (χ4n) is 1.92. The van der Waals surface area contributed by atoms with Gasteiger partial charge in [-0.25, -0.2) is 4.79 Å². The quantitative estimate of drug-likeness (QED) is 0.855. The van der Waals surface area contributed by atoms with Gasteiger partial charge in [-0.1, -0.05) is 11.6 Å². The minimum absolute atomic E-state index is 0.349. The van der Waals surface area contributed by atoms with Crippen molar-refractivity contribution in [2.24, 2.45) is 0 Å². The Labute approximate surface area is 128 Å². The molecule has 21 heavy (non-hydrogen) atoms. The summed E-state index contributed by atoms with van der Waals surface area (Å²) in [6.07, 6.45) is 0. The van der Waals surface area contributed by atoms with Crippen molar-refractivity contribution in [2.75, 3.05) is 19.5 Å². The van der Waals surface area contributed by atoms with Gasteiger partial charge in [0.2, 0.25) is 0 Å². The number of carbonyl (C=O) groups excluding carboxylic acids is 1. The minimum atomic E-state index is -0.349. The summed E-state index contributed by atoms with van der Waals surface area (Å²) < 4.78 is 9.95. The zero-order chi connectivity index (χ0) is 15.2. The van der Waals surface area contributed by atoms with Crippen LogP contribution < -0.4 is 10.1 Å². The number of anilines is 1. The summed E-state index contributed by atoms with van der Waals surface area (Å²) in [5.41, 5.74) is 2.37. The topological polar surface area (TPSA) is 47.6 Å². The molecule has 0 aliphatic carbocycles. The Bertz CT molecular complexity index is 626. The first kappa shape index (κ1) is 15.2. The molecule has 0 spiro atoms. The van der Waals surface area contributed by atoms with Crippen LogP contribution in [-0.4, -0.2) is 20.2 Å². The van der Waals surface area contributed by atoms with Gasteiger partial charge < -0.3 is 14.8 Å². The van der Waals surface area contributed by atoms with E-state index >= 15 is 0 Å². The molecular weight excluding hydrogens is 290 g/mol. The second kappa shape index (κ2) is 6.99. The zero-order valence-corrected chi connectivity index (χ0v) is 12.6. The summed E-state index contributed by atoms with van der Waals surface area (Å²) in [6, 6.07) is 12.5. The molecule has 0 aliphatic heterocycles. The highest BCUT2D eigenvalue weighted by Crippen LogP contribution is 2.23. The van der Waals surface area contributed by atoms with E-state index in [1.165, 1.54) is 7.11 Å². The van der Waals surface area contributed by atoms with E-state index in [1.54, 1.807) is 25.3 Å². The lowest BCUT2D eigenvalue weighted by atomic mass is 10.1. The molecule has 5 heteroatoms. The predicted octanol–water partition coefficient (Wildman–Crippen LogP) is 3.75. The number of carbonyl (C=O) groups is 1. The van der Waals surface area contributed by atoms with Crippen molar-refractivity contribution in [1.29, 1.82) is 0 Å². The number of nitrogens with one attached hydrogen (secondary N) is 1. The van der Waals surface area contributed by atoms with Gasteiger partial charge in [0.25, 0.3) is 0 Å². The van der Waals surface area contributed by atoms with Crippen molar-refractivity contribution >= 4 is 23.3 Å². The molecule has 0 amide bonds. The van der Waals surface area contributed by atoms with Crippen LogP contribution in [-0.2, 0) is 11.3 Å². The molecule has 2 rings (SSSR count). The van der Waals surface area contributed by atoms with Crippen molar-refractivity contribution in [1.82, 2.24) is 0 Å². The maximum atomic E-state index is 11.4. The molecule has 0 radical (unpaired) electrons. The van der Waals surface area contributed by atoms with Gasteiger partial charge in [-0.2, -0.15) is 0 Å². The molecular formula is C16H16ClNO3. The van der Waals surface area contributed by atoms with Crippen LogP contribution >= 0.6 is 11.6 Å². The Morgan fingerprint density at radius 1 is 1.14 bits per heavy atom. The zero-order valence-electron chi connectivity index (χ0n) is 11.9. The van der Waals surface area contributed by atoms with Crippen LogP contribution in [0, 0.1) is 0 Å². The van der Waals surface area contributed by atoms with Crippen molar-refractivity contribution < 1.29 is 14.3 Å². The molecule has 0 heterocycles. The van der Waals surface area contributed by atoms with E-state index in [0.717, 1.165) is 17.0 Å². The Kier molecular flexibility index (Phi) is 5.06. The minimum Gasteiger partial charge on any atom is -0.496 e. The Hall–Kier alpha value is -2.20. The monoisotopic (exact) mass is 305 g/mol. The molecule has 0 aliphatic rings. The van der Waals surface area contributed by atoms with Gasteiger partial charge in [0, 0.05) is 22.8 Å². The average molecular weight is 306 g/mol. The van der Waals surface area contributed by atoms with E-state index in [-0.39, 0.29) is 5.97 Å². The number of halogens is 1. The number of ether oxygens (including phenoxy) is 2. The highest BCUT2D eigenvalue weighted by Gasteiger charge is 2.06. The van der Waals surface area contributed by atoms with Crippen LogP contribution in [0.4, 0.5) is 5.69 Å². The van der Waals surface area contributed by atoms with Crippen LogP contribution in [0.5, 0.6) is 5.75 Å². The SMILES string of the molecule is COC(=O)c1ccc(NCc2cc(Cl)ccc2OC)cc1. The summed E-state index contributed by atoms with van der Waals surface area (Å²) in [5, 5.41) is 3.92. The molecule has 0 aromatic heterocycles. The van der Waals surface area contributed by atoms with E-state index in [1.807, 2.05) is 24.3 Å². The number of methoxy groups -OCH3 is 2. The average Bonchev–Trinajstić information content (AvgIpc) is 2.52. The number of hydrogen-bond acceptors (Lipinski definition) is 4. The molecule has 0 unspecified atom stereocenters. The third-order valence-electron chi connectivity index (χ3n) is 3.03. The Morgan fingerprint density at radius 3 is 2.48 bits per heavy atom. The van der Waals surface area contributed by atoms with E-state index in [9.17, 15) is 4.79 Å². The second-order valence-corrected chi connectivity index (χ2v) is 4.82. The lowest BCUT2D eigenvalue weighted by molar-refractivity contribution is 0.0601. The van der Waals surface area contributed by atoms with Crippen molar-refractivity contribution in [3.63, 3.8) is 0 Å². The number of rotatable bonds is 5. The lowest BCUT2D eigenvalue weighted by Crippen LogP contribution is -2.03. The summed E-state index contributed by atoms with van der Waals surface area (Å²) in [5.74, 6) is 0.427. The highest BCUT2D eigenvalue weighted by molar-refractivity contribution is 6.30. The summed E-state index contributed by atoms with van der Waals surface area (Å²) in [6.45, 7) is 0.571. The number of hydrogen-bond donors (Lipinski definition) is 1. The molecule has 0 saturated heterocycles. The number of benzene rings is 2. The smallest absolute Gasteiger partial charge is 0.337 e. The van der Waals surface area contributed by atoms with Crippen LogP contribution in [0.2, 0.25) is 5.02 Å². The molecule has 0 atom stereocenters. The largest absolute Gasteiger partial charge is 0.496 e. The fourth-order valence-corrected chi connectivity index (χ4v) is 2.12. The van der Waals surface area contributed by atoms with Gasteiger partial charge >= 0.3 is 5.97 Å². The Balaban J connectivity index is 2.06. The third kappa shape index (κ3) is 3.89. The van der Waals surface area contributed by atoms with Crippen LogP contribution in [0.3, 0.4) is 0 Å². The second-order valence-electron chi connectivity index (χ2n) is 4.38. The third-order valence-corrected chi connectivity index (χ3v) is 3.27. The highest BCUT2D eigenvalue weighted by atomic mass is 35.5. The molecule has 110 valence electrons. The molecule has 2 aromatic carbocycles. The van der Waals surface area contributed by atoms with Crippen LogP contribution in [0.1, 0.15) is 15.9 Å². The summed E-state index contributed by atoms with van der Waals surface area (Å²) >= 11 is 5.99. The first-order valence-corrected chi connectivity index (χ1v) is 6.76. The van der Waals surface area contributed by atoms with E-state index < -0.39 is 0 Å². The van der Waals surface area contributed by atoms with Gasteiger partial charge in [-0.15, -0.1) is 0 Å². The van der Waals surface area contributed by atoms with Crippen LogP contribution in [0.25, 0.3) is 0 Å². The normalized spacial score (nSPS) is 10.0. The molecule has 0 bridgehead atoms. The van der Waals surface area contributed by atoms with Crippen LogP contribution in [0.15, 0.2) is 42.5 Å². The molecule has 0 saturated carbocycles. The summed E-state index contributed by atoms with van der Waals surface area (Å²) in [4.78, 5) is 11.4. The van der Waals surface area contributed by atoms with Crippen molar-refractivity contribution in [3.8, 4) is 5.75 Å².